The van der Waals surface area contributed by atoms with Crippen molar-refractivity contribution in [3.8, 4) is 5.75 Å². The van der Waals surface area contributed by atoms with Crippen LogP contribution >= 0.6 is 11.8 Å². The summed E-state index contributed by atoms with van der Waals surface area (Å²) in [6, 6.07) is 3.35. The second-order valence-electron chi connectivity index (χ2n) is 4.47. The highest BCUT2D eigenvalue weighted by Gasteiger charge is 2.40. The standard InChI is InChI=1S/C13H11NO7S/c15-8-3-6(1-2-7(8)13(20)21)14-10(16)4-9(12(14)19)22-5-11(17)18/h1-3,9,15H,4-5H2,(H,17,18)(H,20,21). The van der Waals surface area contributed by atoms with Crippen LogP contribution in [0.4, 0.5) is 5.69 Å². The van der Waals surface area contributed by atoms with Gasteiger partial charge < -0.3 is 15.3 Å². The minimum absolute atomic E-state index is 0.0518. The fraction of sp³-hybridized carbons (Fsp3) is 0.231. The summed E-state index contributed by atoms with van der Waals surface area (Å²) in [4.78, 5) is 46.2. The molecule has 1 atom stereocenters. The second kappa shape index (κ2) is 6.06. The quantitative estimate of drug-likeness (QED) is 0.668. The number of aromatic carboxylic acids is 1. The lowest BCUT2D eigenvalue weighted by atomic mass is 10.1. The van der Waals surface area contributed by atoms with Crippen molar-refractivity contribution in [3.05, 3.63) is 23.8 Å². The highest BCUT2D eigenvalue weighted by atomic mass is 32.2. The lowest BCUT2D eigenvalue weighted by Gasteiger charge is -2.15. The first-order valence-electron chi connectivity index (χ1n) is 6.07. The maximum absolute atomic E-state index is 12.2. The third-order valence-corrected chi connectivity index (χ3v) is 4.17. The number of benzene rings is 1. The Bertz CT molecular complexity index is 672. The lowest BCUT2D eigenvalue weighted by Crippen LogP contribution is -2.31. The second-order valence-corrected chi connectivity index (χ2v) is 5.66. The molecule has 0 radical (unpaired) electrons. The largest absolute Gasteiger partial charge is 0.507 e. The van der Waals surface area contributed by atoms with Gasteiger partial charge in [0.2, 0.25) is 11.8 Å². The number of amides is 2. The molecule has 0 saturated carbocycles. The molecule has 0 bridgehead atoms. The normalized spacial score (nSPS) is 17.8. The van der Waals surface area contributed by atoms with Crippen LogP contribution in [0.5, 0.6) is 5.75 Å². The minimum Gasteiger partial charge on any atom is -0.507 e. The third-order valence-electron chi connectivity index (χ3n) is 2.98. The lowest BCUT2D eigenvalue weighted by molar-refractivity contribution is -0.134. The Kier molecular flexibility index (Phi) is 4.36. The summed E-state index contributed by atoms with van der Waals surface area (Å²) in [6.07, 6.45) is -0.141. The van der Waals surface area contributed by atoms with E-state index in [1.54, 1.807) is 0 Å². The Balaban J connectivity index is 2.23. The molecule has 2 rings (SSSR count). The van der Waals surface area contributed by atoms with Gasteiger partial charge in [-0.15, -0.1) is 11.8 Å². The Hall–Kier alpha value is -2.55. The number of imide groups is 1. The molecule has 1 unspecified atom stereocenters. The molecule has 0 aromatic heterocycles. The third kappa shape index (κ3) is 3.03. The summed E-state index contributed by atoms with van der Waals surface area (Å²) in [5.74, 6) is -4.41. The van der Waals surface area contributed by atoms with Gasteiger partial charge in [0.1, 0.15) is 11.3 Å². The minimum atomic E-state index is -1.34. The van der Waals surface area contributed by atoms with Crippen molar-refractivity contribution in [2.45, 2.75) is 11.7 Å². The molecule has 2 amide bonds. The van der Waals surface area contributed by atoms with Crippen molar-refractivity contribution >= 4 is 41.2 Å². The van der Waals surface area contributed by atoms with Crippen molar-refractivity contribution in [3.63, 3.8) is 0 Å². The van der Waals surface area contributed by atoms with Crippen LogP contribution in [-0.4, -0.2) is 50.1 Å². The maximum atomic E-state index is 12.2. The number of thioether (sulfide) groups is 1. The van der Waals surface area contributed by atoms with Crippen LogP contribution in [0, 0.1) is 0 Å². The zero-order chi connectivity index (χ0) is 16.4. The fourth-order valence-electron chi connectivity index (χ4n) is 2.02. The number of carbonyl (C=O) groups excluding carboxylic acids is 2. The van der Waals surface area contributed by atoms with Gasteiger partial charge in [-0.3, -0.25) is 14.4 Å². The molecule has 0 aliphatic carbocycles. The molecule has 22 heavy (non-hydrogen) atoms. The van der Waals surface area contributed by atoms with Crippen LogP contribution in [0.15, 0.2) is 18.2 Å². The van der Waals surface area contributed by atoms with Crippen LogP contribution in [0.3, 0.4) is 0 Å². The van der Waals surface area contributed by atoms with E-state index >= 15 is 0 Å². The van der Waals surface area contributed by atoms with Crippen LogP contribution in [0.1, 0.15) is 16.8 Å². The molecule has 1 aliphatic rings. The van der Waals surface area contributed by atoms with Gasteiger partial charge in [-0.2, -0.15) is 0 Å². The number of hydrogen-bond acceptors (Lipinski definition) is 6. The zero-order valence-electron chi connectivity index (χ0n) is 11.1. The number of hydrogen-bond donors (Lipinski definition) is 3. The van der Waals surface area contributed by atoms with E-state index in [1.807, 2.05) is 0 Å². The van der Waals surface area contributed by atoms with Crippen molar-refractivity contribution < 1.29 is 34.5 Å². The van der Waals surface area contributed by atoms with Gasteiger partial charge in [0.25, 0.3) is 0 Å². The van der Waals surface area contributed by atoms with Crippen LogP contribution < -0.4 is 4.90 Å². The molecule has 0 spiro atoms. The molecular formula is C13H11NO7S. The van der Waals surface area contributed by atoms with Gasteiger partial charge >= 0.3 is 11.9 Å². The number of carboxylic acid groups (broad SMARTS) is 2. The van der Waals surface area contributed by atoms with Crippen molar-refractivity contribution in [2.75, 3.05) is 10.7 Å². The smallest absolute Gasteiger partial charge is 0.339 e. The number of phenols is 1. The number of nitrogens with zero attached hydrogens (tertiary/aromatic N) is 1. The maximum Gasteiger partial charge on any atom is 0.339 e. The number of anilines is 1. The van der Waals surface area contributed by atoms with Gasteiger partial charge in [-0.25, -0.2) is 9.69 Å². The molecule has 8 nitrogen and oxygen atoms in total. The van der Waals surface area contributed by atoms with Gasteiger partial charge in [-0.1, -0.05) is 0 Å². The van der Waals surface area contributed by atoms with Crippen LogP contribution in [0.25, 0.3) is 0 Å². The van der Waals surface area contributed by atoms with Gasteiger partial charge in [0, 0.05) is 12.5 Å². The summed E-state index contributed by atoms with van der Waals surface area (Å²) in [6.45, 7) is 0. The Morgan fingerprint density at radius 2 is 1.95 bits per heavy atom. The summed E-state index contributed by atoms with van der Waals surface area (Å²) in [5, 5.41) is 26.3. The summed E-state index contributed by atoms with van der Waals surface area (Å²) >= 11 is 0.846. The highest BCUT2D eigenvalue weighted by molar-refractivity contribution is 8.01. The first-order chi connectivity index (χ1) is 10.3. The van der Waals surface area contributed by atoms with E-state index in [4.69, 9.17) is 10.2 Å². The van der Waals surface area contributed by atoms with Crippen LogP contribution in [0.2, 0.25) is 0 Å². The van der Waals surface area contributed by atoms with Crippen molar-refractivity contribution in [1.29, 1.82) is 0 Å². The molecule has 116 valence electrons. The van der Waals surface area contributed by atoms with E-state index in [0.29, 0.717) is 0 Å². The number of aliphatic carboxylic acids is 1. The van der Waals surface area contributed by atoms with Gasteiger partial charge in [0.05, 0.1) is 16.7 Å². The summed E-state index contributed by atoms with van der Waals surface area (Å²) in [7, 11) is 0. The SMILES string of the molecule is O=C(O)CSC1CC(=O)N(c2ccc(C(=O)O)c(O)c2)C1=O. The Morgan fingerprint density at radius 1 is 1.27 bits per heavy atom. The average Bonchev–Trinajstić information content (AvgIpc) is 2.70. The number of carbonyl (C=O) groups is 4. The Labute approximate surface area is 128 Å². The van der Waals surface area contributed by atoms with E-state index in [-0.39, 0.29) is 23.4 Å². The molecule has 3 N–H and O–H groups in total. The molecule has 9 heteroatoms. The molecule has 1 aliphatic heterocycles. The van der Waals surface area contributed by atoms with E-state index in [0.717, 1.165) is 28.8 Å². The van der Waals surface area contributed by atoms with Crippen molar-refractivity contribution in [2.24, 2.45) is 0 Å². The zero-order valence-corrected chi connectivity index (χ0v) is 11.9. The predicted molar refractivity (Wildman–Crippen MR) is 76.1 cm³/mol. The molecule has 1 saturated heterocycles. The summed E-state index contributed by atoms with van der Waals surface area (Å²) in [5.41, 5.74) is -0.296. The van der Waals surface area contributed by atoms with Gasteiger partial charge in [0.15, 0.2) is 0 Å². The van der Waals surface area contributed by atoms with Crippen LogP contribution in [-0.2, 0) is 14.4 Å². The monoisotopic (exact) mass is 325 g/mol. The fourth-order valence-corrected chi connectivity index (χ4v) is 2.87. The number of aromatic hydroxyl groups is 1. The van der Waals surface area contributed by atoms with Crippen molar-refractivity contribution in [1.82, 2.24) is 0 Å². The van der Waals surface area contributed by atoms with E-state index < -0.39 is 34.8 Å². The Morgan fingerprint density at radius 3 is 2.50 bits per heavy atom. The number of carboxylic acids is 2. The molecule has 1 aromatic rings. The molecule has 1 heterocycles. The average molecular weight is 325 g/mol. The number of rotatable bonds is 5. The molecule has 1 fully saturated rings. The van der Waals surface area contributed by atoms with Gasteiger partial charge in [-0.05, 0) is 12.1 Å². The highest BCUT2D eigenvalue weighted by Crippen LogP contribution is 2.32. The van der Waals surface area contributed by atoms with E-state index in [9.17, 15) is 24.3 Å². The summed E-state index contributed by atoms with van der Waals surface area (Å²) < 4.78 is 0. The van der Waals surface area contributed by atoms with E-state index in [1.165, 1.54) is 6.07 Å². The topological polar surface area (TPSA) is 132 Å². The van der Waals surface area contributed by atoms with E-state index in [2.05, 4.69) is 0 Å². The predicted octanol–water partition coefficient (Wildman–Crippen LogP) is 0.540. The molecule has 1 aromatic carbocycles. The molecular weight excluding hydrogens is 314 g/mol. The first-order valence-corrected chi connectivity index (χ1v) is 7.12. The first kappa shape index (κ1) is 15.8.